The van der Waals surface area contributed by atoms with Crippen LogP contribution in [0.1, 0.15) is 30.1 Å². The number of nitrogens with two attached hydrogens (primary N) is 1. The number of benzene rings is 1. The molecular formula is C13H13NO3. The number of esters is 1. The fraction of sp³-hybridized carbons (Fsp3) is 0.231. The minimum absolute atomic E-state index is 0.120. The lowest BCUT2D eigenvalue weighted by Crippen LogP contribution is -2.11. The van der Waals surface area contributed by atoms with Crippen LogP contribution in [0.15, 0.2) is 35.6 Å². The number of Topliss-reactive ketones (excluding diaryl/α,β-unsaturated/α-hetero) is 1. The van der Waals surface area contributed by atoms with Gasteiger partial charge in [-0.2, -0.15) is 0 Å². The summed E-state index contributed by atoms with van der Waals surface area (Å²) in [7, 11) is 0. The Bertz CT molecular complexity index is 517. The van der Waals surface area contributed by atoms with Crippen molar-refractivity contribution in [3.63, 3.8) is 0 Å². The largest absolute Gasteiger partial charge is 0.419 e. The van der Waals surface area contributed by atoms with Crippen molar-refractivity contribution in [2.45, 2.75) is 19.8 Å². The van der Waals surface area contributed by atoms with Crippen LogP contribution in [0, 0.1) is 0 Å². The van der Waals surface area contributed by atoms with Crippen molar-refractivity contribution in [1.82, 2.24) is 0 Å². The summed E-state index contributed by atoms with van der Waals surface area (Å²) in [5.41, 5.74) is 7.11. The lowest BCUT2D eigenvalue weighted by atomic mass is 10.2. The number of ketones is 1. The Kier molecular flexibility index (Phi) is 2.95. The molecule has 4 nitrogen and oxygen atoms in total. The van der Waals surface area contributed by atoms with Gasteiger partial charge in [-0.3, -0.25) is 4.79 Å². The van der Waals surface area contributed by atoms with E-state index in [1.54, 1.807) is 31.2 Å². The van der Waals surface area contributed by atoms with Crippen molar-refractivity contribution in [3.05, 3.63) is 41.2 Å². The van der Waals surface area contributed by atoms with Crippen LogP contribution in [-0.4, -0.2) is 11.8 Å². The lowest BCUT2D eigenvalue weighted by Gasteiger charge is -2.07. The first-order valence-electron chi connectivity index (χ1n) is 5.39. The maximum absolute atomic E-state index is 11.8. The van der Waals surface area contributed by atoms with Gasteiger partial charge in [0.2, 0.25) is 0 Å². The lowest BCUT2D eigenvalue weighted by molar-refractivity contribution is -0.117. The summed E-state index contributed by atoms with van der Waals surface area (Å²) in [4.78, 5) is 23.3. The van der Waals surface area contributed by atoms with Crippen LogP contribution in [0.2, 0.25) is 0 Å². The third kappa shape index (κ3) is 2.20. The number of anilines is 1. The fourth-order valence-corrected chi connectivity index (χ4v) is 1.74. The maximum Gasteiger partial charge on any atom is 0.345 e. The van der Waals surface area contributed by atoms with Crippen molar-refractivity contribution < 1.29 is 14.3 Å². The van der Waals surface area contributed by atoms with E-state index in [0.717, 1.165) is 5.57 Å². The highest BCUT2D eigenvalue weighted by Crippen LogP contribution is 2.25. The smallest absolute Gasteiger partial charge is 0.345 e. The Balaban J connectivity index is 2.21. The summed E-state index contributed by atoms with van der Waals surface area (Å²) in [6.07, 6.45) is 1.07. The van der Waals surface area contributed by atoms with Crippen LogP contribution in [0.3, 0.4) is 0 Å². The molecule has 1 aromatic carbocycles. The number of carbonyl (C=O) groups is 2. The zero-order valence-corrected chi connectivity index (χ0v) is 9.53. The minimum Gasteiger partial charge on any atom is -0.419 e. The number of ether oxygens (including phenoxy) is 1. The van der Waals surface area contributed by atoms with Gasteiger partial charge in [-0.05, 0) is 31.1 Å². The summed E-state index contributed by atoms with van der Waals surface area (Å²) >= 11 is 0. The quantitative estimate of drug-likeness (QED) is 0.624. The first kappa shape index (κ1) is 11.4. The van der Waals surface area contributed by atoms with Gasteiger partial charge in [0.25, 0.3) is 0 Å². The summed E-state index contributed by atoms with van der Waals surface area (Å²) in [6, 6.07) is 6.63. The molecule has 2 N–H and O–H groups in total. The van der Waals surface area contributed by atoms with Gasteiger partial charge < -0.3 is 10.5 Å². The normalized spacial score (nSPS) is 15.2. The molecule has 1 aliphatic rings. The molecule has 0 heterocycles. The zero-order valence-electron chi connectivity index (χ0n) is 9.53. The average molecular weight is 231 g/mol. The Labute approximate surface area is 99.1 Å². The average Bonchev–Trinajstić information content (AvgIpc) is 2.61. The molecule has 1 aliphatic carbocycles. The van der Waals surface area contributed by atoms with Gasteiger partial charge >= 0.3 is 5.97 Å². The predicted molar refractivity (Wildman–Crippen MR) is 63.2 cm³/mol. The summed E-state index contributed by atoms with van der Waals surface area (Å²) in [5, 5.41) is 0. The molecule has 88 valence electrons. The van der Waals surface area contributed by atoms with E-state index in [2.05, 4.69) is 0 Å². The van der Waals surface area contributed by atoms with E-state index < -0.39 is 5.97 Å². The van der Waals surface area contributed by atoms with Gasteiger partial charge in [0, 0.05) is 12.1 Å². The molecular weight excluding hydrogens is 218 g/mol. The SMILES string of the molecule is CC1=C(OC(=O)c2ccccc2N)C(=O)CC1. The number of para-hydroxylation sites is 1. The van der Waals surface area contributed by atoms with Crippen LogP contribution in [0.25, 0.3) is 0 Å². The highest BCUT2D eigenvalue weighted by Gasteiger charge is 2.25. The van der Waals surface area contributed by atoms with Gasteiger partial charge in [-0.1, -0.05) is 12.1 Å². The topological polar surface area (TPSA) is 69.4 Å². The van der Waals surface area contributed by atoms with Crippen LogP contribution >= 0.6 is 0 Å². The van der Waals surface area contributed by atoms with Crippen LogP contribution in [0.5, 0.6) is 0 Å². The predicted octanol–water partition coefficient (Wildman–Crippen LogP) is 2.06. The van der Waals surface area contributed by atoms with Crippen molar-refractivity contribution in [1.29, 1.82) is 0 Å². The van der Waals surface area contributed by atoms with Gasteiger partial charge in [0.15, 0.2) is 11.5 Å². The number of hydrogen-bond donors (Lipinski definition) is 1. The molecule has 0 atom stereocenters. The van der Waals surface area contributed by atoms with E-state index in [0.29, 0.717) is 18.5 Å². The molecule has 0 saturated carbocycles. The number of rotatable bonds is 2. The molecule has 0 spiro atoms. The minimum atomic E-state index is -0.576. The molecule has 0 fully saturated rings. The number of nitrogen functional groups attached to an aromatic ring is 1. The summed E-state index contributed by atoms with van der Waals surface area (Å²) in [6.45, 7) is 1.79. The van der Waals surface area contributed by atoms with Crippen molar-refractivity contribution in [3.8, 4) is 0 Å². The molecule has 0 aromatic heterocycles. The molecule has 0 radical (unpaired) electrons. The van der Waals surface area contributed by atoms with Gasteiger partial charge in [-0.25, -0.2) is 4.79 Å². The first-order valence-corrected chi connectivity index (χ1v) is 5.39. The van der Waals surface area contributed by atoms with E-state index in [-0.39, 0.29) is 17.1 Å². The highest BCUT2D eigenvalue weighted by atomic mass is 16.5. The molecule has 0 saturated heterocycles. The molecule has 1 aromatic rings. The zero-order chi connectivity index (χ0) is 12.4. The van der Waals surface area contributed by atoms with Crippen LogP contribution < -0.4 is 5.73 Å². The number of hydrogen-bond acceptors (Lipinski definition) is 4. The molecule has 2 rings (SSSR count). The third-order valence-electron chi connectivity index (χ3n) is 2.74. The Morgan fingerprint density at radius 3 is 2.59 bits per heavy atom. The number of carbonyl (C=O) groups excluding carboxylic acids is 2. The van der Waals surface area contributed by atoms with Crippen LogP contribution in [0.4, 0.5) is 5.69 Å². The third-order valence-corrected chi connectivity index (χ3v) is 2.74. The first-order chi connectivity index (χ1) is 8.09. The Morgan fingerprint density at radius 1 is 1.29 bits per heavy atom. The molecule has 0 amide bonds. The molecule has 17 heavy (non-hydrogen) atoms. The van der Waals surface area contributed by atoms with Crippen molar-refractivity contribution in [2.24, 2.45) is 0 Å². The number of allylic oxidation sites excluding steroid dienone is 2. The fourth-order valence-electron chi connectivity index (χ4n) is 1.74. The van der Waals surface area contributed by atoms with Gasteiger partial charge in [0.1, 0.15) is 0 Å². The highest BCUT2D eigenvalue weighted by molar-refractivity contribution is 6.02. The van der Waals surface area contributed by atoms with Crippen molar-refractivity contribution >= 4 is 17.4 Å². The van der Waals surface area contributed by atoms with E-state index >= 15 is 0 Å². The molecule has 4 heteroatoms. The van der Waals surface area contributed by atoms with Gasteiger partial charge in [0.05, 0.1) is 5.56 Å². The monoisotopic (exact) mass is 231 g/mol. The van der Waals surface area contributed by atoms with E-state index in [4.69, 9.17) is 10.5 Å². The van der Waals surface area contributed by atoms with Gasteiger partial charge in [-0.15, -0.1) is 0 Å². The second kappa shape index (κ2) is 4.41. The summed E-state index contributed by atoms with van der Waals surface area (Å²) < 4.78 is 5.11. The van der Waals surface area contributed by atoms with Crippen molar-refractivity contribution in [2.75, 3.05) is 5.73 Å². The maximum atomic E-state index is 11.8. The Hall–Kier alpha value is -2.10. The molecule has 0 unspecified atom stereocenters. The summed E-state index contributed by atoms with van der Waals surface area (Å²) in [5.74, 6) is -0.517. The van der Waals surface area contributed by atoms with E-state index in [1.807, 2.05) is 0 Å². The molecule has 0 bridgehead atoms. The molecule has 0 aliphatic heterocycles. The second-order valence-electron chi connectivity index (χ2n) is 4.01. The standard InChI is InChI=1S/C13H13NO3/c1-8-6-7-11(15)12(8)17-13(16)9-4-2-3-5-10(9)14/h2-5H,6-7,14H2,1H3. The van der Waals surface area contributed by atoms with Crippen LogP contribution in [-0.2, 0) is 9.53 Å². The Morgan fingerprint density at radius 2 is 2.00 bits per heavy atom. The van der Waals surface area contributed by atoms with E-state index in [9.17, 15) is 9.59 Å². The second-order valence-corrected chi connectivity index (χ2v) is 4.01. The van der Waals surface area contributed by atoms with E-state index in [1.165, 1.54) is 0 Å².